The Balaban J connectivity index is 2.30. The number of benzene rings is 1. The number of hydrogen-bond donors (Lipinski definition) is 4. The van der Waals surface area contributed by atoms with Gasteiger partial charge in [0.05, 0.1) is 17.8 Å². The first-order valence-electron chi connectivity index (χ1n) is 5.74. The molecule has 0 fully saturated rings. The topological polar surface area (TPSA) is 105 Å². The lowest BCUT2D eigenvalue weighted by molar-refractivity contribution is 0.240. The minimum absolute atomic E-state index is 0.115. The quantitative estimate of drug-likeness (QED) is 0.359. The molecule has 5 N–H and O–H groups in total. The number of aromatic nitrogens is 2. The van der Waals surface area contributed by atoms with Crippen LogP contribution in [-0.2, 0) is 6.54 Å². The van der Waals surface area contributed by atoms with Crippen molar-refractivity contribution in [2.24, 2.45) is 5.84 Å². The Morgan fingerprint density at radius 1 is 1.37 bits per heavy atom. The summed E-state index contributed by atoms with van der Waals surface area (Å²) in [4.78, 5) is 23.2. The van der Waals surface area contributed by atoms with Crippen LogP contribution in [0.15, 0.2) is 35.1 Å². The maximum atomic E-state index is 12.2. The first-order chi connectivity index (χ1) is 9.13. The Hall–Kier alpha value is -2.54. The van der Waals surface area contributed by atoms with Crippen molar-refractivity contribution in [3.8, 4) is 5.69 Å². The van der Waals surface area contributed by atoms with Crippen molar-refractivity contribution in [1.29, 1.82) is 0 Å². The average molecular weight is 261 g/mol. The Bertz CT molecular complexity index is 629. The molecule has 1 heterocycles. The first kappa shape index (κ1) is 12.9. The van der Waals surface area contributed by atoms with Crippen molar-refractivity contribution >= 4 is 6.03 Å². The Morgan fingerprint density at radius 2 is 2.05 bits per heavy atom. The van der Waals surface area contributed by atoms with Gasteiger partial charge in [-0.2, -0.15) is 0 Å². The van der Waals surface area contributed by atoms with Crippen LogP contribution in [0.1, 0.15) is 11.3 Å². The predicted molar refractivity (Wildman–Crippen MR) is 70.7 cm³/mol. The molecule has 1 aromatic heterocycles. The summed E-state index contributed by atoms with van der Waals surface area (Å²) >= 11 is 0. The van der Waals surface area contributed by atoms with Gasteiger partial charge in [-0.25, -0.2) is 15.3 Å². The molecular weight excluding hydrogens is 246 g/mol. The summed E-state index contributed by atoms with van der Waals surface area (Å²) < 4.78 is 1.44. The lowest BCUT2D eigenvalue weighted by Crippen LogP contribution is -2.40. The summed E-state index contributed by atoms with van der Waals surface area (Å²) in [5, 5.41) is 5.46. The van der Waals surface area contributed by atoms with Crippen LogP contribution in [-0.4, -0.2) is 15.8 Å². The van der Waals surface area contributed by atoms with E-state index in [1.165, 1.54) is 4.68 Å². The monoisotopic (exact) mass is 261 g/mol. The molecule has 2 amide bonds. The van der Waals surface area contributed by atoms with Crippen LogP contribution in [0.25, 0.3) is 5.69 Å². The summed E-state index contributed by atoms with van der Waals surface area (Å²) in [5.74, 6) is 4.96. The summed E-state index contributed by atoms with van der Waals surface area (Å²) in [6.45, 7) is 1.89. The van der Waals surface area contributed by atoms with Gasteiger partial charge < -0.3 is 5.32 Å². The number of nitrogens with one attached hydrogen (secondary N) is 3. The number of para-hydroxylation sites is 1. The third-order valence-corrected chi connectivity index (χ3v) is 2.76. The van der Waals surface area contributed by atoms with E-state index in [4.69, 9.17) is 5.84 Å². The summed E-state index contributed by atoms with van der Waals surface area (Å²) in [7, 11) is 0. The van der Waals surface area contributed by atoms with Crippen molar-refractivity contribution in [3.63, 3.8) is 0 Å². The standard InChI is InChI=1S/C12H15N5O2/c1-8-10(7-14-12(19)15-13)11(18)17(16-8)9-5-3-2-4-6-9/h2-6,16H,7,13H2,1H3,(H2,14,15,19). The average Bonchev–Trinajstić information content (AvgIpc) is 2.72. The number of carbonyl (C=O) groups excluding carboxylic acids is 1. The van der Waals surface area contributed by atoms with Gasteiger partial charge in [-0.05, 0) is 19.1 Å². The number of urea groups is 1. The zero-order valence-electron chi connectivity index (χ0n) is 10.4. The van der Waals surface area contributed by atoms with Crippen molar-refractivity contribution in [1.82, 2.24) is 20.5 Å². The molecule has 0 bridgehead atoms. The van der Waals surface area contributed by atoms with E-state index in [9.17, 15) is 9.59 Å². The predicted octanol–water partition coefficient (Wildman–Crippen LogP) is 0.147. The van der Waals surface area contributed by atoms with Gasteiger partial charge in [0.1, 0.15) is 0 Å². The number of nitrogens with zero attached hydrogens (tertiary/aromatic N) is 1. The van der Waals surface area contributed by atoms with Crippen LogP contribution in [0.4, 0.5) is 4.79 Å². The molecule has 19 heavy (non-hydrogen) atoms. The van der Waals surface area contributed by atoms with Crippen LogP contribution in [0, 0.1) is 6.92 Å². The van der Waals surface area contributed by atoms with E-state index in [0.717, 1.165) is 5.69 Å². The van der Waals surface area contributed by atoms with Gasteiger partial charge in [-0.15, -0.1) is 0 Å². The Morgan fingerprint density at radius 3 is 2.68 bits per heavy atom. The van der Waals surface area contributed by atoms with Crippen molar-refractivity contribution in [3.05, 3.63) is 51.9 Å². The normalized spacial score (nSPS) is 10.2. The first-order valence-corrected chi connectivity index (χ1v) is 5.74. The van der Waals surface area contributed by atoms with E-state index in [-0.39, 0.29) is 12.1 Å². The van der Waals surface area contributed by atoms with E-state index in [1.807, 2.05) is 35.8 Å². The zero-order chi connectivity index (χ0) is 13.8. The van der Waals surface area contributed by atoms with Gasteiger partial charge in [-0.3, -0.25) is 15.3 Å². The molecule has 0 radical (unpaired) electrons. The number of carbonyl (C=O) groups is 1. The fraction of sp³-hybridized carbons (Fsp3) is 0.167. The number of aromatic amines is 1. The van der Waals surface area contributed by atoms with Crippen LogP contribution in [0.5, 0.6) is 0 Å². The van der Waals surface area contributed by atoms with Gasteiger partial charge >= 0.3 is 6.03 Å². The zero-order valence-corrected chi connectivity index (χ0v) is 10.4. The second-order valence-electron chi connectivity index (χ2n) is 4.02. The molecule has 1 aromatic carbocycles. The summed E-state index contributed by atoms with van der Waals surface area (Å²) in [6.07, 6.45) is 0. The maximum absolute atomic E-state index is 12.2. The summed E-state index contributed by atoms with van der Waals surface area (Å²) in [6, 6.07) is 8.67. The maximum Gasteiger partial charge on any atom is 0.329 e. The second kappa shape index (κ2) is 5.40. The third kappa shape index (κ3) is 2.66. The number of hydrazine groups is 1. The van der Waals surface area contributed by atoms with Gasteiger partial charge in [-0.1, -0.05) is 18.2 Å². The van der Waals surface area contributed by atoms with E-state index in [1.54, 1.807) is 6.92 Å². The molecule has 0 spiro atoms. The van der Waals surface area contributed by atoms with E-state index in [0.29, 0.717) is 11.3 Å². The summed E-state index contributed by atoms with van der Waals surface area (Å²) in [5.41, 5.74) is 3.68. The Labute approximate surface area is 109 Å². The van der Waals surface area contributed by atoms with Gasteiger partial charge in [0, 0.05) is 5.69 Å². The highest BCUT2D eigenvalue weighted by molar-refractivity contribution is 5.73. The fourth-order valence-electron chi connectivity index (χ4n) is 1.77. The van der Waals surface area contributed by atoms with Crippen molar-refractivity contribution in [2.45, 2.75) is 13.5 Å². The minimum Gasteiger partial charge on any atom is -0.333 e. The molecule has 2 rings (SSSR count). The molecule has 7 nitrogen and oxygen atoms in total. The fourth-order valence-corrected chi connectivity index (χ4v) is 1.77. The lowest BCUT2D eigenvalue weighted by atomic mass is 10.2. The van der Waals surface area contributed by atoms with E-state index >= 15 is 0 Å². The highest BCUT2D eigenvalue weighted by Gasteiger charge is 2.12. The molecule has 0 aliphatic rings. The molecule has 2 aromatic rings. The molecule has 100 valence electrons. The van der Waals surface area contributed by atoms with Gasteiger partial charge in [0.2, 0.25) is 0 Å². The van der Waals surface area contributed by atoms with Crippen LogP contribution < -0.4 is 22.1 Å². The molecule has 0 unspecified atom stereocenters. The molecule has 7 heteroatoms. The van der Waals surface area contributed by atoms with Crippen LogP contribution in [0.2, 0.25) is 0 Å². The van der Waals surface area contributed by atoms with Crippen LogP contribution in [0.3, 0.4) is 0 Å². The molecule has 0 saturated carbocycles. The smallest absolute Gasteiger partial charge is 0.329 e. The van der Waals surface area contributed by atoms with Crippen molar-refractivity contribution in [2.75, 3.05) is 0 Å². The SMILES string of the molecule is Cc1[nH]n(-c2ccccc2)c(=O)c1CNC(=O)NN. The number of rotatable bonds is 3. The molecule has 0 saturated heterocycles. The highest BCUT2D eigenvalue weighted by atomic mass is 16.2. The van der Waals surface area contributed by atoms with E-state index in [2.05, 4.69) is 10.4 Å². The van der Waals surface area contributed by atoms with E-state index < -0.39 is 6.03 Å². The van der Waals surface area contributed by atoms with Gasteiger partial charge in [0.15, 0.2) is 0 Å². The number of aryl methyl sites for hydroxylation is 1. The Kier molecular flexibility index (Phi) is 3.67. The number of hydrogen-bond acceptors (Lipinski definition) is 3. The lowest BCUT2D eigenvalue weighted by Gasteiger charge is -2.01. The second-order valence-corrected chi connectivity index (χ2v) is 4.02. The largest absolute Gasteiger partial charge is 0.333 e. The number of nitrogens with two attached hydrogens (primary N) is 1. The molecule has 0 atom stereocenters. The highest BCUT2D eigenvalue weighted by Crippen LogP contribution is 2.06. The minimum atomic E-state index is -0.536. The molecule has 0 aliphatic heterocycles. The van der Waals surface area contributed by atoms with Crippen molar-refractivity contribution < 1.29 is 4.79 Å². The molecular formula is C12H15N5O2. The van der Waals surface area contributed by atoms with Gasteiger partial charge in [0.25, 0.3) is 5.56 Å². The van der Waals surface area contributed by atoms with Crippen LogP contribution >= 0.6 is 0 Å². The number of H-pyrrole nitrogens is 1. The third-order valence-electron chi connectivity index (χ3n) is 2.76. The number of amides is 2. The molecule has 0 aliphatic carbocycles.